The van der Waals surface area contributed by atoms with Gasteiger partial charge in [-0.2, -0.15) is 0 Å². The van der Waals surface area contributed by atoms with E-state index < -0.39 is 0 Å². The first-order valence-electron chi connectivity index (χ1n) is 5.89. The second-order valence-corrected chi connectivity index (χ2v) is 4.61. The molecule has 0 heterocycles. The van der Waals surface area contributed by atoms with Crippen molar-refractivity contribution >= 4 is 29.0 Å². The Labute approximate surface area is 117 Å². The van der Waals surface area contributed by atoms with E-state index in [0.29, 0.717) is 30.1 Å². The number of carbonyl (C=O) groups excluding carboxylic acids is 2. The van der Waals surface area contributed by atoms with Crippen molar-refractivity contribution < 1.29 is 9.59 Å². The number of nitrogens with one attached hydrogen (secondary N) is 2. The molecule has 0 bridgehead atoms. The van der Waals surface area contributed by atoms with Crippen LogP contribution in [0.5, 0.6) is 0 Å². The van der Waals surface area contributed by atoms with E-state index in [1.165, 1.54) is 6.92 Å². The number of thiocarbonyl (C=S) groups is 1. The quantitative estimate of drug-likeness (QED) is 0.519. The van der Waals surface area contributed by atoms with E-state index in [4.69, 9.17) is 18.0 Å². The van der Waals surface area contributed by atoms with Crippen LogP contribution in [0.3, 0.4) is 0 Å². The largest absolute Gasteiger partial charge is 0.393 e. The van der Waals surface area contributed by atoms with Crippen molar-refractivity contribution in [3.8, 4) is 0 Å². The summed E-state index contributed by atoms with van der Waals surface area (Å²) in [6.45, 7) is 2.23. The molecule has 0 fully saturated rings. The molecule has 6 heteroatoms. The van der Waals surface area contributed by atoms with Crippen molar-refractivity contribution in [3.63, 3.8) is 0 Å². The summed E-state index contributed by atoms with van der Waals surface area (Å²) >= 11 is 4.83. The standard InChI is InChI=1S/C13H17N3O2S/c1-9(17)15-5-6-16-13(18)11-4-2-3-10(7-11)8-12(14)19/h2-4,7H,5-6,8H2,1H3,(H2,14,19)(H,15,17)(H,16,18). The zero-order chi connectivity index (χ0) is 14.3. The Hall–Kier alpha value is -1.95. The Morgan fingerprint density at radius 3 is 2.58 bits per heavy atom. The molecule has 0 saturated carbocycles. The van der Waals surface area contributed by atoms with Gasteiger partial charge in [0.05, 0.1) is 4.99 Å². The predicted molar refractivity (Wildman–Crippen MR) is 77.9 cm³/mol. The molecule has 102 valence electrons. The van der Waals surface area contributed by atoms with Crippen molar-refractivity contribution in [2.45, 2.75) is 13.3 Å². The molecule has 0 radical (unpaired) electrons. The molecule has 0 aliphatic carbocycles. The van der Waals surface area contributed by atoms with Gasteiger partial charge in [-0.15, -0.1) is 0 Å². The van der Waals surface area contributed by atoms with Crippen LogP contribution in [0.4, 0.5) is 0 Å². The molecule has 0 aromatic heterocycles. The van der Waals surface area contributed by atoms with Gasteiger partial charge in [0, 0.05) is 32.0 Å². The van der Waals surface area contributed by atoms with E-state index in [0.717, 1.165) is 5.56 Å². The fourth-order valence-electron chi connectivity index (χ4n) is 1.54. The highest BCUT2D eigenvalue weighted by atomic mass is 32.1. The number of hydrogen-bond donors (Lipinski definition) is 3. The number of hydrogen-bond acceptors (Lipinski definition) is 3. The Kier molecular flexibility index (Phi) is 5.95. The summed E-state index contributed by atoms with van der Waals surface area (Å²) < 4.78 is 0. The van der Waals surface area contributed by atoms with E-state index in [2.05, 4.69) is 10.6 Å². The van der Waals surface area contributed by atoms with Crippen LogP contribution in [-0.4, -0.2) is 29.9 Å². The molecule has 1 aromatic carbocycles. The van der Waals surface area contributed by atoms with E-state index >= 15 is 0 Å². The normalized spacial score (nSPS) is 9.74. The molecular weight excluding hydrogens is 262 g/mol. The molecule has 5 nitrogen and oxygen atoms in total. The molecule has 0 unspecified atom stereocenters. The van der Waals surface area contributed by atoms with Gasteiger partial charge in [-0.05, 0) is 17.7 Å². The minimum atomic E-state index is -0.185. The molecule has 0 aliphatic rings. The van der Waals surface area contributed by atoms with Crippen molar-refractivity contribution in [1.82, 2.24) is 10.6 Å². The lowest BCUT2D eigenvalue weighted by Gasteiger charge is -2.07. The maximum atomic E-state index is 11.8. The van der Waals surface area contributed by atoms with Gasteiger partial charge in [0.15, 0.2) is 0 Å². The predicted octanol–water partition coefficient (Wildman–Crippen LogP) is 0.381. The van der Waals surface area contributed by atoms with E-state index in [1.807, 2.05) is 6.07 Å². The summed E-state index contributed by atoms with van der Waals surface area (Å²) in [6, 6.07) is 7.13. The number of amides is 2. The summed E-state index contributed by atoms with van der Waals surface area (Å²) in [5.74, 6) is -0.303. The van der Waals surface area contributed by atoms with Gasteiger partial charge >= 0.3 is 0 Å². The van der Waals surface area contributed by atoms with Gasteiger partial charge in [-0.1, -0.05) is 24.4 Å². The lowest BCUT2D eigenvalue weighted by atomic mass is 10.1. The molecule has 4 N–H and O–H groups in total. The third-order valence-electron chi connectivity index (χ3n) is 2.35. The van der Waals surface area contributed by atoms with E-state index in [9.17, 15) is 9.59 Å². The number of benzene rings is 1. The van der Waals surface area contributed by atoms with Crippen molar-refractivity contribution in [3.05, 3.63) is 35.4 Å². The summed E-state index contributed by atoms with van der Waals surface area (Å²) in [4.78, 5) is 22.9. The molecular formula is C13H17N3O2S. The van der Waals surface area contributed by atoms with Crippen LogP contribution < -0.4 is 16.4 Å². The van der Waals surface area contributed by atoms with Gasteiger partial charge in [-0.25, -0.2) is 0 Å². The highest BCUT2D eigenvalue weighted by molar-refractivity contribution is 7.80. The van der Waals surface area contributed by atoms with Crippen LogP contribution in [0.2, 0.25) is 0 Å². The van der Waals surface area contributed by atoms with Crippen LogP contribution >= 0.6 is 12.2 Å². The molecule has 0 saturated heterocycles. The highest BCUT2D eigenvalue weighted by Gasteiger charge is 2.06. The lowest BCUT2D eigenvalue weighted by Crippen LogP contribution is -2.33. The first-order chi connectivity index (χ1) is 8.99. The maximum absolute atomic E-state index is 11.8. The molecule has 19 heavy (non-hydrogen) atoms. The van der Waals surface area contributed by atoms with Crippen LogP contribution in [0, 0.1) is 0 Å². The fraction of sp³-hybridized carbons (Fsp3) is 0.308. The molecule has 2 amide bonds. The second kappa shape index (κ2) is 7.48. The lowest BCUT2D eigenvalue weighted by molar-refractivity contribution is -0.118. The first-order valence-corrected chi connectivity index (χ1v) is 6.29. The minimum Gasteiger partial charge on any atom is -0.393 e. The van der Waals surface area contributed by atoms with Crippen molar-refractivity contribution in [2.75, 3.05) is 13.1 Å². The van der Waals surface area contributed by atoms with E-state index in [1.54, 1.807) is 18.2 Å². The highest BCUT2D eigenvalue weighted by Crippen LogP contribution is 2.06. The Bertz CT molecular complexity index is 489. The summed E-state index contributed by atoms with van der Waals surface area (Å²) in [6.07, 6.45) is 0.475. The average Bonchev–Trinajstić information content (AvgIpc) is 2.33. The topological polar surface area (TPSA) is 84.2 Å². The second-order valence-electron chi connectivity index (χ2n) is 4.08. The van der Waals surface area contributed by atoms with Gasteiger partial charge in [0.1, 0.15) is 0 Å². The van der Waals surface area contributed by atoms with Crippen molar-refractivity contribution in [1.29, 1.82) is 0 Å². The molecule has 0 aliphatic heterocycles. The van der Waals surface area contributed by atoms with Gasteiger partial charge < -0.3 is 16.4 Å². The van der Waals surface area contributed by atoms with Gasteiger partial charge in [0.25, 0.3) is 5.91 Å². The van der Waals surface area contributed by atoms with Crippen molar-refractivity contribution in [2.24, 2.45) is 5.73 Å². The zero-order valence-corrected chi connectivity index (χ0v) is 11.5. The van der Waals surface area contributed by atoms with Gasteiger partial charge in [0.2, 0.25) is 5.91 Å². The van der Waals surface area contributed by atoms with Crippen LogP contribution in [0.1, 0.15) is 22.8 Å². The third-order valence-corrected chi connectivity index (χ3v) is 2.50. The Balaban J connectivity index is 2.52. The third kappa shape index (κ3) is 5.96. The molecule has 1 rings (SSSR count). The van der Waals surface area contributed by atoms with Gasteiger partial charge in [-0.3, -0.25) is 9.59 Å². The molecule has 0 atom stereocenters. The van der Waals surface area contributed by atoms with Crippen LogP contribution in [0.25, 0.3) is 0 Å². The minimum absolute atomic E-state index is 0.118. The summed E-state index contributed by atoms with van der Waals surface area (Å²) in [7, 11) is 0. The number of carbonyl (C=O) groups is 2. The monoisotopic (exact) mass is 279 g/mol. The zero-order valence-electron chi connectivity index (χ0n) is 10.7. The summed E-state index contributed by atoms with van der Waals surface area (Å²) in [5.41, 5.74) is 6.92. The first kappa shape index (κ1) is 15.1. The Morgan fingerprint density at radius 1 is 1.26 bits per heavy atom. The SMILES string of the molecule is CC(=O)NCCNC(=O)c1cccc(CC(N)=S)c1. The maximum Gasteiger partial charge on any atom is 0.251 e. The smallest absolute Gasteiger partial charge is 0.251 e. The number of rotatable bonds is 6. The molecule has 1 aromatic rings. The van der Waals surface area contributed by atoms with Crippen LogP contribution in [-0.2, 0) is 11.2 Å². The molecule has 0 spiro atoms. The van der Waals surface area contributed by atoms with Crippen LogP contribution in [0.15, 0.2) is 24.3 Å². The Morgan fingerprint density at radius 2 is 1.95 bits per heavy atom. The average molecular weight is 279 g/mol. The fourth-order valence-corrected chi connectivity index (χ4v) is 1.71. The number of nitrogens with two attached hydrogens (primary N) is 1. The van der Waals surface area contributed by atoms with E-state index in [-0.39, 0.29) is 11.8 Å². The summed E-state index contributed by atoms with van der Waals surface area (Å²) in [5, 5.41) is 5.32.